The Balaban J connectivity index is 2.33. The molecule has 0 aliphatic heterocycles. The molecule has 0 fully saturated rings. The van der Waals surface area contributed by atoms with E-state index in [1.807, 2.05) is 0 Å². The first-order chi connectivity index (χ1) is 6.18. The molecule has 1 rings (SSSR count). The maximum atomic E-state index is 5.77. The Morgan fingerprint density at radius 3 is 2.31 bits per heavy atom. The number of halogens is 2. The van der Waals surface area contributed by atoms with Crippen LogP contribution in [0.15, 0.2) is 24.3 Å². The highest BCUT2D eigenvalue weighted by molar-refractivity contribution is 7.33. The van der Waals surface area contributed by atoms with E-state index in [0.717, 1.165) is 18.1 Å². The Morgan fingerprint density at radius 2 is 1.77 bits per heavy atom. The molecule has 13 heavy (non-hydrogen) atoms. The first-order valence-corrected chi connectivity index (χ1v) is 8.83. The minimum Gasteiger partial charge on any atom is -0.234 e. The van der Waals surface area contributed by atoms with Gasteiger partial charge in [0.2, 0.25) is 0 Å². The van der Waals surface area contributed by atoms with Crippen molar-refractivity contribution in [2.45, 2.75) is 25.0 Å². The summed E-state index contributed by atoms with van der Waals surface area (Å²) in [7, 11) is 11.5. The fourth-order valence-corrected chi connectivity index (χ4v) is 2.65. The van der Waals surface area contributed by atoms with Crippen molar-refractivity contribution in [2.24, 2.45) is 0 Å². The molecule has 0 atom stereocenters. The average Bonchev–Trinajstić information content (AvgIpc) is 2.08. The van der Waals surface area contributed by atoms with Gasteiger partial charge in [-0.25, -0.2) is 20.1 Å². The van der Waals surface area contributed by atoms with E-state index < -0.39 is 12.3 Å². The summed E-state index contributed by atoms with van der Waals surface area (Å²) < 4.78 is 0. The topological polar surface area (TPSA) is 0 Å². The molecule has 1 aromatic carbocycles. The van der Waals surface area contributed by atoms with E-state index in [9.17, 15) is 0 Å². The molecule has 0 unspecified atom stereocenters. The minimum absolute atomic E-state index is 1.01. The summed E-state index contributed by atoms with van der Waals surface area (Å²) in [4.78, 5) is 0. The summed E-state index contributed by atoms with van der Waals surface area (Å²) in [5.74, 6) is 0. The highest BCUT2D eigenvalue weighted by Gasteiger charge is 2.09. The van der Waals surface area contributed by atoms with Crippen molar-refractivity contribution in [3.8, 4) is 0 Å². The van der Waals surface area contributed by atoms with Crippen molar-refractivity contribution >= 4 is 32.4 Å². The summed E-state index contributed by atoms with van der Waals surface area (Å²) in [6, 6.07) is 8.64. The lowest BCUT2D eigenvalue weighted by molar-refractivity contribution is 0.916. The molecule has 1 aromatic rings. The van der Waals surface area contributed by atoms with E-state index >= 15 is 0 Å². The van der Waals surface area contributed by atoms with Crippen LogP contribution >= 0.6 is 20.1 Å². The van der Waals surface area contributed by atoms with Crippen molar-refractivity contribution in [3.63, 3.8) is 0 Å². The van der Waals surface area contributed by atoms with Crippen LogP contribution in [0, 0.1) is 6.92 Å². The molecular weight excluding hydrogens is 218 g/mol. The zero-order valence-electron chi connectivity index (χ0n) is 7.76. The normalized spacial score (nSPS) is 10.1. The van der Waals surface area contributed by atoms with E-state index in [1.54, 1.807) is 0 Å². The van der Waals surface area contributed by atoms with Crippen molar-refractivity contribution < 1.29 is 0 Å². The standard InChI is InChI=1S/C10H13.Al.2ClH/c1-3-4-10-7-5-9(2)6-8-10;;;/h5-8H,1,3-4H2,2H3;;2*1H/q;+2;;/p-2. The molecule has 0 spiro atoms. The lowest BCUT2D eigenvalue weighted by Crippen LogP contribution is -1.93. The second-order valence-electron chi connectivity index (χ2n) is 3.27. The largest absolute Gasteiger partial charge is 0.519 e. The van der Waals surface area contributed by atoms with Crippen LogP contribution in [0.1, 0.15) is 17.5 Å². The molecule has 70 valence electrons. The Labute approximate surface area is 92.7 Å². The van der Waals surface area contributed by atoms with Gasteiger partial charge in [0.15, 0.2) is 0 Å². The molecule has 0 aliphatic rings. The second kappa shape index (κ2) is 5.94. The van der Waals surface area contributed by atoms with Crippen LogP contribution in [-0.4, -0.2) is 12.3 Å². The molecule has 0 saturated carbocycles. The highest BCUT2D eigenvalue weighted by atomic mass is 35.7. The Bertz CT molecular complexity index is 244. The van der Waals surface area contributed by atoms with Gasteiger partial charge in [-0.1, -0.05) is 41.5 Å². The van der Waals surface area contributed by atoms with Gasteiger partial charge >= 0.3 is 12.3 Å². The van der Waals surface area contributed by atoms with Gasteiger partial charge in [0.25, 0.3) is 0 Å². The third kappa shape index (κ3) is 4.94. The summed E-state index contributed by atoms with van der Waals surface area (Å²) in [5.41, 5.74) is 2.69. The van der Waals surface area contributed by atoms with E-state index in [4.69, 9.17) is 20.1 Å². The Hall–Kier alpha value is 0.332. The van der Waals surface area contributed by atoms with Gasteiger partial charge in [0, 0.05) is 0 Å². The molecular formula is C10H13AlCl2. The summed E-state index contributed by atoms with van der Waals surface area (Å²) in [6.07, 6.45) is 2.22. The van der Waals surface area contributed by atoms with E-state index in [1.165, 1.54) is 11.1 Å². The third-order valence-electron chi connectivity index (χ3n) is 2.01. The van der Waals surface area contributed by atoms with Gasteiger partial charge in [-0.15, -0.1) is 0 Å². The minimum atomic E-state index is -1.38. The maximum absolute atomic E-state index is 5.77. The monoisotopic (exact) mass is 230 g/mol. The molecule has 0 amide bonds. The van der Waals surface area contributed by atoms with E-state index in [-0.39, 0.29) is 0 Å². The zero-order valence-corrected chi connectivity index (χ0v) is 10.4. The predicted molar refractivity (Wildman–Crippen MR) is 61.8 cm³/mol. The van der Waals surface area contributed by atoms with Crippen molar-refractivity contribution in [1.29, 1.82) is 0 Å². The SMILES string of the molecule is Cc1ccc(CC[CH2][Al]([Cl])[Cl])cc1. The summed E-state index contributed by atoms with van der Waals surface area (Å²) >= 11 is -1.38. The number of benzene rings is 1. The highest BCUT2D eigenvalue weighted by Crippen LogP contribution is 2.11. The van der Waals surface area contributed by atoms with Crippen LogP contribution < -0.4 is 0 Å². The van der Waals surface area contributed by atoms with Gasteiger partial charge in [0.1, 0.15) is 0 Å². The second-order valence-corrected chi connectivity index (χ2v) is 8.46. The van der Waals surface area contributed by atoms with Crippen LogP contribution in [0.2, 0.25) is 5.28 Å². The lowest BCUT2D eigenvalue weighted by Gasteiger charge is -2.00. The Morgan fingerprint density at radius 1 is 1.15 bits per heavy atom. The van der Waals surface area contributed by atoms with Crippen LogP contribution in [0.4, 0.5) is 0 Å². The third-order valence-corrected chi connectivity index (χ3v) is 4.16. The number of hydrogen-bond donors (Lipinski definition) is 0. The van der Waals surface area contributed by atoms with E-state index in [2.05, 4.69) is 31.2 Å². The molecule has 0 saturated heterocycles. The van der Waals surface area contributed by atoms with Gasteiger partial charge in [-0.05, 0) is 18.9 Å². The van der Waals surface area contributed by atoms with Gasteiger partial charge in [0.05, 0.1) is 0 Å². The van der Waals surface area contributed by atoms with Gasteiger partial charge in [-0.2, -0.15) is 0 Å². The van der Waals surface area contributed by atoms with Crippen LogP contribution in [0.25, 0.3) is 0 Å². The van der Waals surface area contributed by atoms with Crippen molar-refractivity contribution in [3.05, 3.63) is 35.4 Å². The Kier molecular flexibility index (Phi) is 5.21. The van der Waals surface area contributed by atoms with Crippen LogP contribution in [0.3, 0.4) is 0 Å². The smallest absolute Gasteiger partial charge is 0.234 e. The first-order valence-electron chi connectivity index (χ1n) is 4.52. The molecule has 0 aromatic heterocycles. The maximum Gasteiger partial charge on any atom is 0.519 e. The molecule has 0 heterocycles. The molecule has 0 N–H and O–H groups in total. The molecule has 0 aliphatic carbocycles. The zero-order chi connectivity index (χ0) is 9.68. The molecule has 0 bridgehead atoms. The molecule has 0 nitrogen and oxygen atoms in total. The fraction of sp³-hybridized carbons (Fsp3) is 0.400. The number of aryl methyl sites for hydroxylation is 2. The van der Waals surface area contributed by atoms with Gasteiger partial charge in [-0.3, -0.25) is 0 Å². The predicted octanol–water partition coefficient (Wildman–Crippen LogP) is 3.89. The first kappa shape index (κ1) is 11.4. The summed E-state index contributed by atoms with van der Waals surface area (Å²) in [6.45, 7) is 2.10. The van der Waals surface area contributed by atoms with Crippen molar-refractivity contribution in [2.75, 3.05) is 0 Å². The number of hydrogen-bond acceptors (Lipinski definition) is 0. The summed E-state index contributed by atoms with van der Waals surface area (Å²) in [5, 5.41) is 1.01. The fourth-order valence-electron chi connectivity index (χ4n) is 1.22. The average molecular weight is 231 g/mol. The lowest BCUT2D eigenvalue weighted by atomic mass is 10.1. The van der Waals surface area contributed by atoms with Gasteiger partial charge < -0.3 is 0 Å². The van der Waals surface area contributed by atoms with Crippen LogP contribution in [0.5, 0.6) is 0 Å². The van der Waals surface area contributed by atoms with E-state index in [0.29, 0.717) is 0 Å². The molecule has 3 heteroatoms. The van der Waals surface area contributed by atoms with Crippen molar-refractivity contribution in [1.82, 2.24) is 0 Å². The van der Waals surface area contributed by atoms with Crippen LogP contribution in [-0.2, 0) is 6.42 Å². The molecule has 0 radical (unpaired) electrons. The quantitative estimate of drug-likeness (QED) is 0.689. The number of rotatable bonds is 4.